The zero-order chi connectivity index (χ0) is 23.7. The molecule has 6 nitrogen and oxygen atoms in total. The maximum absolute atomic E-state index is 12.7. The molecular formula is C25H42N2O4. The van der Waals surface area contributed by atoms with Crippen LogP contribution in [0.15, 0.2) is 30.3 Å². The number of esters is 2. The molecule has 0 unspecified atom stereocenters. The maximum atomic E-state index is 12.7. The number of carbonyl (C=O) groups is 2. The van der Waals surface area contributed by atoms with Crippen LogP contribution in [0.3, 0.4) is 0 Å². The van der Waals surface area contributed by atoms with Gasteiger partial charge in [-0.2, -0.15) is 0 Å². The molecule has 0 radical (unpaired) electrons. The number of hydrogen-bond donors (Lipinski definition) is 0. The Labute approximate surface area is 188 Å². The second-order valence-electron chi connectivity index (χ2n) is 9.91. The first-order valence-electron chi connectivity index (χ1n) is 11.3. The number of likely N-dealkylation sites (N-methyl/N-ethyl adjacent to an activating group) is 1. The van der Waals surface area contributed by atoms with E-state index < -0.39 is 11.2 Å². The number of benzene rings is 1. The Hall–Kier alpha value is -1.92. The fourth-order valence-electron chi connectivity index (χ4n) is 3.37. The van der Waals surface area contributed by atoms with Gasteiger partial charge in [-0.1, -0.05) is 44.2 Å². The van der Waals surface area contributed by atoms with Gasteiger partial charge in [0, 0.05) is 12.6 Å². The lowest BCUT2D eigenvalue weighted by molar-refractivity contribution is -0.161. The molecule has 0 aromatic heterocycles. The molecule has 0 aliphatic rings. The van der Waals surface area contributed by atoms with E-state index in [1.807, 2.05) is 64.6 Å². The van der Waals surface area contributed by atoms with Gasteiger partial charge in [-0.15, -0.1) is 0 Å². The second kappa shape index (κ2) is 12.2. The topological polar surface area (TPSA) is 59.1 Å². The predicted octanol–water partition coefficient (Wildman–Crippen LogP) is 3.92. The van der Waals surface area contributed by atoms with E-state index in [2.05, 4.69) is 30.9 Å². The van der Waals surface area contributed by atoms with Gasteiger partial charge < -0.3 is 14.4 Å². The van der Waals surface area contributed by atoms with Crippen LogP contribution in [0.1, 0.15) is 61.0 Å². The van der Waals surface area contributed by atoms with Crippen molar-refractivity contribution in [2.24, 2.45) is 0 Å². The van der Waals surface area contributed by atoms with Crippen LogP contribution in [0.25, 0.3) is 0 Å². The predicted molar refractivity (Wildman–Crippen MR) is 125 cm³/mol. The van der Waals surface area contributed by atoms with Crippen molar-refractivity contribution in [3.8, 4) is 0 Å². The summed E-state index contributed by atoms with van der Waals surface area (Å²) < 4.78 is 11.1. The molecule has 0 bridgehead atoms. The van der Waals surface area contributed by atoms with Crippen LogP contribution in [-0.4, -0.2) is 71.7 Å². The fraction of sp³-hybridized carbons (Fsp3) is 0.680. The van der Waals surface area contributed by atoms with Crippen LogP contribution in [0.2, 0.25) is 0 Å². The van der Waals surface area contributed by atoms with E-state index in [-0.39, 0.29) is 31.1 Å². The third kappa shape index (κ3) is 11.9. The van der Waals surface area contributed by atoms with Gasteiger partial charge in [0.15, 0.2) is 0 Å². The number of hydrogen-bond acceptors (Lipinski definition) is 6. The zero-order valence-corrected chi connectivity index (χ0v) is 20.7. The number of rotatable bonds is 11. The van der Waals surface area contributed by atoms with Gasteiger partial charge in [-0.3, -0.25) is 14.5 Å². The molecule has 0 saturated carbocycles. The van der Waals surface area contributed by atoms with Crippen molar-refractivity contribution in [3.05, 3.63) is 35.9 Å². The smallest absolute Gasteiger partial charge is 0.320 e. The molecule has 31 heavy (non-hydrogen) atoms. The van der Waals surface area contributed by atoms with Crippen molar-refractivity contribution in [2.75, 3.05) is 32.7 Å². The summed E-state index contributed by atoms with van der Waals surface area (Å²) in [7, 11) is 0. The van der Waals surface area contributed by atoms with Crippen LogP contribution in [-0.2, 0) is 25.5 Å². The highest BCUT2D eigenvalue weighted by Crippen LogP contribution is 2.15. The molecular weight excluding hydrogens is 392 g/mol. The Balaban J connectivity index is 3.16. The monoisotopic (exact) mass is 434 g/mol. The number of carbonyl (C=O) groups excluding carboxylic acids is 2. The molecule has 0 fully saturated rings. The van der Waals surface area contributed by atoms with Crippen LogP contribution in [0.5, 0.6) is 0 Å². The van der Waals surface area contributed by atoms with Gasteiger partial charge in [0.1, 0.15) is 11.2 Å². The van der Waals surface area contributed by atoms with E-state index in [9.17, 15) is 9.59 Å². The molecule has 0 aliphatic heterocycles. The molecule has 6 heteroatoms. The average Bonchev–Trinajstić information content (AvgIpc) is 2.62. The zero-order valence-electron chi connectivity index (χ0n) is 20.7. The highest BCUT2D eigenvalue weighted by atomic mass is 16.6. The Morgan fingerprint density at radius 2 is 1.29 bits per heavy atom. The summed E-state index contributed by atoms with van der Waals surface area (Å²) in [6, 6.07) is 10.1. The van der Waals surface area contributed by atoms with Crippen LogP contribution in [0.4, 0.5) is 0 Å². The number of nitrogens with zero attached hydrogens (tertiary/aromatic N) is 2. The van der Waals surface area contributed by atoms with Crippen molar-refractivity contribution in [1.29, 1.82) is 0 Å². The summed E-state index contributed by atoms with van der Waals surface area (Å²) in [4.78, 5) is 29.6. The minimum atomic E-state index is -0.581. The average molecular weight is 435 g/mol. The van der Waals surface area contributed by atoms with E-state index in [1.165, 1.54) is 0 Å². The maximum Gasteiger partial charge on any atom is 0.320 e. The highest BCUT2D eigenvalue weighted by Gasteiger charge is 2.29. The van der Waals surface area contributed by atoms with E-state index >= 15 is 0 Å². The van der Waals surface area contributed by atoms with Crippen molar-refractivity contribution in [1.82, 2.24) is 9.80 Å². The van der Waals surface area contributed by atoms with Crippen molar-refractivity contribution in [2.45, 2.75) is 79.1 Å². The Morgan fingerprint density at radius 1 is 0.839 bits per heavy atom. The normalized spacial score (nSPS) is 13.4. The summed E-state index contributed by atoms with van der Waals surface area (Å²) in [6.07, 6.45) is 0.725. The summed E-state index contributed by atoms with van der Waals surface area (Å²) in [6.45, 7) is 17.9. The van der Waals surface area contributed by atoms with Crippen LogP contribution >= 0.6 is 0 Å². The Kier molecular flexibility index (Phi) is 10.7. The van der Waals surface area contributed by atoms with Crippen molar-refractivity contribution in [3.63, 3.8) is 0 Å². The van der Waals surface area contributed by atoms with Crippen molar-refractivity contribution < 1.29 is 19.1 Å². The third-order valence-corrected chi connectivity index (χ3v) is 4.70. The van der Waals surface area contributed by atoms with Gasteiger partial charge in [0.2, 0.25) is 0 Å². The van der Waals surface area contributed by atoms with E-state index in [0.717, 1.165) is 31.6 Å². The van der Waals surface area contributed by atoms with E-state index in [1.54, 1.807) is 0 Å². The molecule has 1 aromatic carbocycles. The van der Waals surface area contributed by atoms with Gasteiger partial charge in [-0.05, 0) is 66.6 Å². The van der Waals surface area contributed by atoms with Crippen LogP contribution < -0.4 is 0 Å². The first kappa shape index (κ1) is 27.1. The lowest BCUT2D eigenvalue weighted by Gasteiger charge is -2.35. The summed E-state index contributed by atoms with van der Waals surface area (Å²) in [5.41, 5.74) is 0.00308. The quantitative estimate of drug-likeness (QED) is 0.492. The Bertz CT molecular complexity index is 643. The minimum Gasteiger partial charge on any atom is -0.459 e. The first-order valence-corrected chi connectivity index (χ1v) is 11.3. The molecule has 176 valence electrons. The van der Waals surface area contributed by atoms with Crippen molar-refractivity contribution >= 4 is 11.9 Å². The van der Waals surface area contributed by atoms with Gasteiger partial charge in [0.25, 0.3) is 0 Å². The second-order valence-corrected chi connectivity index (χ2v) is 9.91. The largest absolute Gasteiger partial charge is 0.459 e. The summed E-state index contributed by atoms with van der Waals surface area (Å²) >= 11 is 0. The highest BCUT2D eigenvalue weighted by molar-refractivity contribution is 5.75. The van der Waals surface area contributed by atoms with E-state index in [4.69, 9.17) is 9.47 Å². The molecule has 0 spiro atoms. The van der Waals surface area contributed by atoms with Gasteiger partial charge in [-0.25, -0.2) is 0 Å². The SMILES string of the molecule is CCN(CC)C[C@H](Cc1ccccc1)N(CC(=O)OC(C)(C)C)CC(=O)OC(C)(C)C. The molecule has 0 amide bonds. The van der Waals surface area contributed by atoms with E-state index in [0.29, 0.717) is 0 Å². The third-order valence-electron chi connectivity index (χ3n) is 4.70. The van der Waals surface area contributed by atoms with Gasteiger partial charge >= 0.3 is 11.9 Å². The van der Waals surface area contributed by atoms with Gasteiger partial charge in [0.05, 0.1) is 13.1 Å². The molecule has 0 aliphatic carbocycles. The number of ether oxygens (including phenoxy) is 2. The molecule has 0 saturated heterocycles. The molecule has 0 N–H and O–H groups in total. The molecule has 0 heterocycles. The summed E-state index contributed by atoms with van der Waals surface area (Å²) in [5.74, 6) is -0.678. The molecule has 1 atom stereocenters. The minimum absolute atomic E-state index is 0.0370. The Morgan fingerprint density at radius 3 is 1.68 bits per heavy atom. The fourth-order valence-corrected chi connectivity index (χ4v) is 3.37. The summed E-state index contributed by atoms with van der Waals surface area (Å²) in [5, 5.41) is 0. The standard InChI is InChI=1S/C25H42N2O4/c1-9-26(10-2)17-21(16-20-14-12-11-13-15-20)27(18-22(28)30-24(3,4)5)19-23(29)31-25(6,7)8/h11-15,21H,9-10,16-19H2,1-8H3/t21-/m0/s1. The lowest BCUT2D eigenvalue weighted by Crippen LogP contribution is -2.50. The van der Waals surface area contributed by atoms with Crippen LogP contribution in [0, 0.1) is 0 Å². The molecule has 1 rings (SSSR count). The molecule has 1 aromatic rings. The first-order chi connectivity index (χ1) is 14.3. The lowest BCUT2D eigenvalue weighted by atomic mass is 10.0.